The molecule has 132 valence electrons. The predicted octanol–water partition coefficient (Wildman–Crippen LogP) is 2.34. The van der Waals surface area contributed by atoms with E-state index in [4.69, 9.17) is 0 Å². The van der Waals surface area contributed by atoms with E-state index in [0.29, 0.717) is 37.2 Å². The second kappa shape index (κ2) is 7.09. The fourth-order valence-corrected chi connectivity index (χ4v) is 3.36. The molecule has 1 aliphatic heterocycles. The quantitative estimate of drug-likeness (QED) is 0.930. The van der Waals surface area contributed by atoms with E-state index in [9.17, 15) is 14.0 Å². The number of carbonyl (C=O) groups is 2. The SMILES string of the molecule is CNC(=O)C[C@H]1CN(C(=O)c2ccc(F)cc2C)Cc2cccn2C1. The summed E-state index contributed by atoms with van der Waals surface area (Å²) in [4.78, 5) is 26.6. The summed E-state index contributed by atoms with van der Waals surface area (Å²) in [5.74, 6) is -0.491. The van der Waals surface area contributed by atoms with Crippen molar-refractivity contribution >= 4 is 11.8 Å². The van der Waals surface area contributed by atoms with Crippen LogP contribution in [-0.4, -0.2) is 34.9 Å². The van der Waals surface area contributed by atoms with Gasteiger partial charge < -0.3 is 14.8 Å². The summed E-state index contributed by atoms with van der Waals surface area (Å²) in [5.41, 5.74) is 2.15. The lowest BCUT2D eigenvalue weighted by Gasteiger charge is -2.24. The summed E-state index contributed by atoms with van der Waals surface area (Å²) in [6.45, 7) is 3.40. The lowest BCUT2D eigenvalue weighted by Crippen LogP contribution is -2.36. The second-order valence-electron chi connectivity index (χ2n) is 6.54. The maximum atomic E-state index is 13.3. The number of hydrogen-bond donors (Lipinski definition) is 1. The van der Waals surface area contributed by atoms with Crippen LogP contribution in [0.15, 0.2) is 36.5 Å². The standard InChI is InChI=1S/C19H22FN3O2/c1-13-8-15(20)5-6-17(13)19(25)23-11-14(9-18(24)21-2)10-22-7-3-4-16(22)12-23/h3-8,14H,9-12H2,1-2H3,(H,21,24)/t14-/m1/s1. The largest absolute Gasteiger partial charge is 0.359 e. The van der Waals surface area contributed by atoms with Crippen LogP contribution in [0, 0.1) is 18.7 Å². The lowest BCUT2D eigenvalue weighted by atomic mass is 10.0. The number of aromatic nitrogens is 1. The Morgan fingerprint density at radius 1 is 1.28 bits per heavy atom. The number of carbonyl (C=O) groups excluding carboxylic acids is 2. The van der Waals surface area contributed by atoms with Gasteiger partial charge in [-0.2, -0.15) is 0 Å². The molecule has 2 aromatic rings. The summed E-state index contributed by atoms with van der Waals surface area (Å²) >= 11 is 0. The van der Waals surface area contributed by atoms with Crippen molar-refractivity contribution in [1.82, 2.24) is 14.8 Å². The Kier molecular flexibility index (Phi) is 4.88. The number of benzene rings is 1. The highest BCUT2D eigenvalue weighted by Gasteiger charge is 2.27. The molecule has 3 rings (SSSR count). The van der Waals surface area contributed by atoms with Crippen LogP contribution in [0.5, 0.6) is 0 Å². The number of hydrogen-bond acceptors (Lipinski definition) is 2. The lowest BCUT2D eigenvalue weighted by molar-refractivity contribution is -0.121. The molecule has 1 aliphatic rings. The van der Waals surface area contributed by atoms with Gasteiger partial charge in [0.1, 0.15) is 5.82 Å². The van der Waals surface area contributed by atoms with E-state index in [1.807, 2.05) is 18.3 Å². The highest BCUT2D eigenvalue weighted by Crippen LogP contribution is 2.22. The van der Waals surface area contributed by atoms with E-state index in [1.165, 1.54) is 18.2 Å². The fraction of sp³-hybridized carbons (Fsp3) is 0.368. The zero-order chi connectivity index (χ0) is 18.0. The van der Waals surface area contributed by atoms with Crippen molar-refractivity contribution in [2.75, 3.05) is 13.6 Å². The minimum Gasteiger partial charge on any atom is -0.359 e. The first-order valence-electron chi connectivity index (χ1n) is 8.38. The Labute approximate surface area is 146 Å². The van der Waals surface area contributed by atoms with E-state index < -0.39 is 0 Å². The van der Waals surface area contributed by atoms with Crippen molar-refractivity contribution in [1.29, 1.82) is 0 Å². The summed E-state index contributed by atoms with van der Waals surface area (Å²) in [7, 11) is 1.62. The van der Waals surface area contributed by atoms with Gasteiger partial charge in [-0.25, -0.2) is 4.39 Å². The van der Waals surface area contributed by atoms with Crippen LogP contribution < -0.4 is 5.32 Å². The van der Waals surface area contributed by atoms with Gasteiger partial charge in [0.2, 0.25) is 5.91 Å². The van der Waals surface area contributed by atoms with E-state index in [0.717, 1.165) is 5.69 Å². The third kappa shape index (κ3) is 3.73. The molecule has 0 saturated heterocycles. The molecule has 2 amide bonds. The number of aryl methyl sites for hydroxylation is 1. The highest BCUT2D eigenvalue weighted by molar-refractivity contribution is 5.95. The Morgan fingerprint density at radius 3 is 2.80 bits per heavy atom. The summed E-state index contributed by atoms with van der Waals surface area (Å²) in [5, 5.41) is 2.65. The Hall–Kier alpha value is -2.63. The Bertz CT molecular complexity index is 800. The van der Waals surface area contributed by atoms with Crippen molar-refractivity contribution in [3.8, 4) is 0 Å². The van der Waals surface area contributed by atoms with Crippen LogP contribution in [0.2, 0.25) is 0 Å². The summed E-state index contributed by atoms with van der Waals surface area (Å²) in [6.07, 6.45) is 2.34. The van der Waals surface area contributed by atoms with Gasteiger partial charge >= 0.3 is 0 Å². The number of rotatable bonds is 3. The number of nitrogens with zero attached hydrogens (tertiary/aromatic N) is 2. The number of halogens is 1. The molecule has 1 aromatic heterocycles. The molecule has 1 aromatic carbocycles. The van der Waals surface area contributed by atoms with Crippen LogP contribution in [0.25, 0.3) is 0 Å². The minimum atomic E-state index is -0.351. The van der Waals surface area contributed by atoms with Gasteiger partial charge in [0.15, 0.2) is 0 Å². The normalized spacial score (nSPS) is 16.9. The topological polar surface area (TPSA) is 54.3 Å². The molecule has 0 bridgehead atoms. The van der Waals surface area contributed by atoms with Crippen molar-refractivity contribution in [3.63, 3.8) is 0 Å². The third-order valence-corrected chi connectivity index (χ3v) is 4.67. The average Bonchev–Trinajstić information content (AvgIpc) is 2.93. The first kappa shape index (κ1) is 17.2. The monoisotopic (exact) mass is 343 g/mol. The van der Waals surface area contributed by atoms with Gasteiger partial charge in [-0.3, -0.25) is 9.59 Å². The molecule has 2 heterocycles. The number of fused-ring (bicyclic) bond motifs is 1. The molecule has 5 nitrogen and oxygen atoms in total. The molecular weight excluding hydrogens is 321 g/mol. The van der Waals surface area contributed by atoms with Crippen LogP contribution in [0.4, 0.5) is 4.39 Å². The van der Waals surface area contributed by atoms with E-state index in [-0.39, 0.29) is 23.5 Å². The van der Waals surface area contributed by atoms with Crippen LogP contribution >= 0.6 is 0 Å². The van der Waals surface area contributed by atoms with Crippen LogP contribution in [0.1, 0.15) is 28.0 Å². The van der Waals surface area contributed by atoms with E-state index in [1.54, 1.807) is 18.9 Å². The van der Waals surface area contributed by atoms with Gasteiger partial charge in [0.25, 0.3) is 5.91 Å². The molecule has 25 heavy (non-hydrogen) atoms. The van der Waals surface area contributed by atoms with Crippen molar-refractivity contribution in [2.24, 2.45) is 5.92 Å². The maximum absolute atomic E-state index is 13.3. The Morgan fingerprint density at radius 2 is 2.08 bits per heavy atom. The minimum absolute atomic E-state index is 0.0262. The molecule has 0 aliphatic carbocycles. The summed E-state index contributed by atoms with van der Waals surface area (Å²) < 4.78 is 15.4. The molecule has 0 fully saturated rings. The van der Waals surface area contributed by atoms with Gasteiger partial charge in [-0.05, 0) is 42.8 Å². The van der Waals surface area contributed by atoms with Crippen molar-refractivity contribution in [2.45, 2.75) is 26.4 Å². The molecular formula is C19H22FN3O2. The molecule has 1 N–H and O–H groups in total. The van der Waals surface area contributed by atoms with Gasteiger partial charge in [-0.1, -0.05) is 0 Å². The van der Waals surface area contributed by atoms with Gasteiger partial charge in [0.05, 0.1) is 6.54 Å². The maximum Gasteiger partial charge on any atom is 0.254 e. The van der Waals surface area contributed by atoms with Crippen molar-refractivity contribution in [3.05, 3.63) is 59.2 Å². The van der Waals surface area contributed by atoms with E-state index >= 15 is 0 Å². The molecule has 1 atom stereocenters. The first-order chi connectivity index (χ1) is 12.0. The van der Waals surface area contributed by atoms with Crippen LogP contribution in [0.3, 0.4) is 0 Å². The van der Waals surface area contributed by atoms with Gasteiger partial charge in [-0.15, -0.1) is 0 Å². The first-order valence-corrected chi connectivity index (χ1v) is 8.38. The number of nitrogens with one attached hydrogen (secondary N) is 1. The molecule has 0 spiro atoms. The van der Waals surface area contributed by atoms with Crippen LogP contribution in [-0.2, 0) is 17.9 Å². The fourth-order valence-electron chi connectivity index (χ4n) is 3.36. The molecule has 0 unspecified atom stereocenters. The number of amides is 2. The van der Waals surface area contributed by atoms with Crippen molar-refractivity contribution < 1.29 is 14.0 Å². The molecule has 0 saturated carbocycles. The Balaban J connectivity index is 1.88. The second-order valence-corrected chi connectivity index (χ2v) is 6.54. The summed E-state index contributed by atoms with van der Waals surface area (Å²) in [6, 6.07) is 8.15. The predicted molar refractivity (Wildman–Crippen MR) is 92.5 cm³/mol. The smallest absolute Gasteiger partial charge is 0.254 e. The van der Waals surface area contributed by atoms with Gasteiger partial charge in [0, 0.05) is 49.9 Å². The molecule has 0 radical (unpaired) electrons. The molecule has 6 heteroatoms. The zero-order valence-corrected chi connectivity index (χ0v) is 14.5. The average molecular weight is 343 g/mol. The third-order valence-electron chi connectivity index (χ3n) is 4.67. The zero-order valence-electron chi connectivity index (χ0n) is 14.5. The highest BCUT2D eigenvalue weighted by atomic mass is 19.1. The van der Waals surface area contributed by atoms with E-state index in [2.05, 4.69) is 9.88 Å².